The average Bonchev–Trinajstić information content (AvgIpc) is 2.83. The first kappa shape index (κ1) is 23.0. The van der Waals surface area contributed by atoms with Gasteiger partial charge in [-0.3, -0.25) is 9.78 Å². The summed E-state index contributed by atoms with van der Waals surface area (Å²) in [7, 11) is -0.707. The predicted molar refractivity (Wildman–Crippen MR) is 122 cm³/mol. The molecule has 1 N–H and O–H groups in total. The lowest BCUT2D eigenvalue weighted by molar-refractivity contribution is -0.116. The van der Waals surface area contributed by atoms with Crippen molar-refractivity contribution in [1.82, 2.24) is 10.3 Å². The Balaban J connectivity index is 1.77. The van der Waals surface area contributed by atoms with E-state index < -0.39 is 21.0 Å². The maximum absolute atomic E-state index is 13.3. The molecule has 0 aliphatic carbocycles. The highest BCUT2D eigenvalue weighted by atomic mass is 32.2. The molecule has 0 saturated carbocycles. The van der Waals surface area contributed by atoms with E-state index in [9.17, 15) is 13.2 Å². The summed E-state index contributed by atoms with van der Waals surface area (Å²) in [5, 5.41) is 1.69. The molecule has 0 aliphatic rings. The monoisotopic (exact) mass is 452 g/mol. The van der Waals surface area contributed by atoms with Gasteiger partial charge in [0.15, 0.2) is 9.84 Å². The number of sulfone groups is 1. The van der Waals surface area contributed by atoms with Crippen LogP contribution in [0.5, 0.6) is 11.5 Å². The highest BCUT2D eigenvalue weighted by Crippen LogP contribution is 2.29. The van der Waals surface area contributed by atoms with Gasteiger partial charge in [0.05, 0.1) is 19.1 Å². The van der Waals surface area contributed by atoms with Crippen molar-refractivity contribution < 1.29 is 22.7 Å². The summed E-state index contributed by atoms with van der Waals surface area (Å²) in [6.45, 7) is -0.105. The van der Waals surface area contributed by atoms with Crippen LogP contribution in [0.15, 0.2) is 84.0 Å². The van der Waals surface area contributed by atoms with Crippen LogP contribution in [-0.2, 0) is 14.6 Å². The van der Waals surface area contributed by atoms with E-state index in [-0.39, 0.29) is 11.4 Å². The van der Waals surface area contributed by atoms with E-state index in [0.29, 0.717) is 11.3 Å². The number of methoxy groups -OCH3 is 2. The Morgan fingerprint density at radius 3 is 2.19 bits per heavy atom. The summed E-state index contributed by atoms with van der Waals surface area (Å²) in [4.78, 5) is 16.5. The number of pyridine rings is 1. The van der Waals surface area contributed by atoms with Crippen LogP contribution in [0.3, 0.4) is 0 Å². The summed E-state index contributed by atoms with van der Waals surface area (Å²) >= 11 is 0. The van der Waals surface area contributed by atoms with Crippen LogP contribution in [0.2, 0.25) is 0 Å². The first-order valence-corrected chi connectivity index (χ1v) is 11.4. The van der Waals surface area contributed by atoms with Crippen molar-refractivity contribution in [2.75, 3.05) is 20.8 Å². The quantitative estimate of drug-likeness (QED) is 0.500. The lowest BCUT2D eigenvalue weighted by Crippen LogP contribution is -2.31. The third-order valence-corrected chi connectivity index (χ3v) is 6.94. The number of ether oxygens (including phenoxy) is 2. The lowest BCUT2D eigenvalue weighted by atomic mass is 10.2. The van der Waals surface area contributed by atoms with E-state index in [0.717, 1.165) is 11.3 Å². The van der Waals surface area contributed by atoms with Gasteiger partial charge in [0, 0.05) is 25.0 Å². The molecule has 1 atom stereocenters. The van der Waals surface area contributed by atoms with Gasteiger partial charge in [-0.2, -0.15) is 0 Å². The van der Waals surface area contributed by atoms with E-state index in [1.165, 1.54) is 31.5 Å². The molecule has 0 spiro atoms. The van der Waals surface area contributed by atoms with Crippen LogP contribution in [-0.4, -0.2) is 40.1 Å². The number of hydrogen-bond donors (Lipinski definition) is 1. The summed E-state index contributed by atoms with van der Waals surface area (Å²) in [6.07, 6.45) is 6.07. The number of carbonyl (C=O) groups excluding carboxylic acids is 1. The number of hydrogen-bond acceptors (Lipinski definition) is 6. The minimum Gasteiger partial charge on any atom is -0.497 e. The SMILES string of the molecule is COc1ccc(/C=C/C(=O)NCC(c2cccnc2)S(=O)(=O)c2ccc(OC)cc2)cc1. The standard InChI is InChI=1S/C24H24N2O5S/c1-30-20-8-5-18(6-9-20)7-14-24(27)26-17-23(19-4-3-15-25-16-19)32(28,29)22-12-10-21(31-2)11-13-22/h3-16,23H,17H2,1-2H3,(H,26,27)/b14-7+. The molecule has 1 unspecified atom stereocenters. The first-order chi connectivity index (χ1) is 15.4. The molecular weight excluding hydrogens is 428 g/mol. The lowest BCUT2D eigenvalue weighted by Gasteiger charge is -2.18. The summed E-state index contributed by atoms with van der Waals surface area (Å²) < 4.78 is 36.9. The van der Waals surface area contributed by atoms with E-state index in [1.807, 2.05) is 12.1 Å². The fourth-order valence-corrected chi connectivity index (χ4v) is 4.69. The Labute approximate surface area is 187 Å². The number of nitrogens with zero attached hydrogens (tertiary/aromatic N) is 1. The molecule has 8 heteroatoms. The maximum atomic E-state index is 13.3. The third-order valence-electron chi connectivity index (χ3n) is 4.82. The molecule has 0 aliphatic heterocycles. The Kier molecular flexibility index (Phi) is 7.62. The molecule has 166 valence electrons. The van der Waals surface area contributed by atoms with Gasteiger partial charge >= 0.3 is 0 Å². The minimum absolute atomic E-state index is 0.105. The van der Waals surface area contributed by atoms with Crippen LogP contribution < -0.4 is 14.8 Å². The van der Waals surface area contributed by atoms with Crippen molar-refractivity contribution in [1.29, 1.82) is 0 Å². The van der Waals surface area contributed by atoms with E-state index in [1.54, 1.807) is 55.8 Å². The molecule has 1 aromatic heterocycles. The predicted octanol–water partition coefficient (Wildman–Crippen LogP) is 3.44. The van der Waals surface area contributed by atoms with Crippen molar-refractivity contribution in [3.05, 3.63) is 90.3 Å². The third kappa shape index (κ3) is 5.73. The van der Waals surface area contributed by atoms with Crippen molar-refractivity contribution in [3.63, 3.8) is 0 Å². The minimum atomic E-state index is -3.80. The van der Waals surface area contributed by atoms with E-state index >= 15 is 0 Å². The van der Waals surface area contributed by atoms with Crippen molar-refractivity contribution in [2.24, 2.45) is 0 Å². The number of rotatable bonds is 9. The molecule has 0 bridgehead atoms. The van der Waals surface area contributed by atoms with Gasteiger partial charge in [-0.15, -0.1) is 0 Å². The van der Waals surface area contributed by atoms with E-state index in [2.05, 4.69) is 10.3 Å². The fraction of sp³-hybridized carbons (Fsp3) is 0.167. The van der Waals surface area contributed by atoms with Crippen molar-refractivity contribution in [3.8, 4) is 11.5 Å². The van der Waals surface area contributed by atoms with Gasteiger partial charge in [0.1, 0.15) is 16.7 Å². The number of carbonyl (C=O) groups is 1. The van der Waals surface area contributed by atoms with Gasteiger partial charge < -0.3 is 14.8 Å². The summed E-state index contributed by atoms with van der Waals surface area (Å²) in [5.41, 5.74) is 1.30. The fourth-order valence-electron chi connectivity index (χ4n) is 3.04. The highest BCUT2D eigenvalue weighted by molar-refractivity contribution is 7.91. The Morgan fingerprint density at radius 2 is 1.62 bits per heavy atom. The molecule has 0 saturated heterocycles. The Bertz CT molecular complexity index is 1160. The van der Waals surface area contributed by atoms with E-state index in [4.69, 9.17) is 9.47 Å². The van der Waals surface area contributed by atoms with Crippen LogP contribution in [0, 0.1) is 0 Å². The zero-order valence-electron chi connectivity index (χ0n) is 17.8. The molecule has 0 fully saturated rings. The number of amides is 1. The second kappa shape index (κ2) is 10.6. The molecule has 32 heavy (non-hydrogen) atoms. The Morgan fingerprint density at radius 1 is 1.00 bits per heavy atom. The van der Waals surface area contributed by atoms with Crippen molar-refractivity contribution >= 4 is 21.8 Å². The van der Waals surface area contributed by atoms with Gasteiger partial charge in [0.2, 0.25) is 5.91 Å². The largest absolute Gasteiger partial charge is 0.497 e. The molecule has 7 nitrogen and oxygen atoms in total. The zero-order chi connectivity index (χ0) is 23.0. The first-order valence-electron chi connectivity index (χ1n) is 9.82. The molecule has 3 rings (SSSR count). The van der Waals surface area contributed by atoms with Crippen molar-refractivity contribution in [2.45, 2.75) is 10.1 Å². The second-order valence-electron chi connectivity index (χ2n) is 6.85. The molecule has 3 aromatic rings. The number of benzene rings is 2. The Hall–Kier alpha value is -3.65. The molecular formula is C24H24N2O5S. The molecule has 1 amide bonds. The van der Waals surface area contributed by atoms with Gasteiger partial charge in [-0.25, -0.2) is 8.42 Å². The molecule has 1 heterocycles. The average molecular weight is 453 g/mol. The normalized spacial score (nSPS) is 12.3. The highest BCUT2D eigenvalue weighted by Gasteiger charge is 2.29. The van der Waals surface area contributed by atoms with Gasteiger partial charge in [-0.05, 0) is 59.7 Å². The smallest absolute Gasteiger partial charge is 0.244 e. The summed E-state index contributed by atoms with van der Waals surface area (Å²) in [6, 6.07) is 16.7. The maximum Gasteiger partial charge on any atom is 0.244 e. The van der Waals surface area contributed by atoms with Crippen LogP contribution in [0.25, 0.3) is 6.08 Å². The topological polar surface area (TPSA) is 94.6 Å². The van der Waals surface area contributed by atoms with Crippen LogP contribution >= 0.6 is 0 Å². The molecule has 2 aromatic carbocycles. The van der Waals surface area contributed by atoms with Crippen LogP contribution in [0.4, 0.5) is 0 Å². The van der Waals surface area contributed by atoms with Gasteiger partial charge in [-0.1, -0.05) is 18.2 Å². The zero-order valence-corrected chi connectivity index (χ0v) is 18.6. The van der Waals surface area contributed by atoms with Gasteiger partial charge in [0.25, 0.3) is 0 Å². The number of nitrogens with one attached hydrogen (secondary N) is 1. The van der Waals surface area contributed by atoms with Crippen LogP contribution in [0.1, 0.15) is 16.4 Å². The summed E-state index contributed by atoms with van der Waals surface area (Å²) in [5.74, 6) is 0.869. The molecule has 0 radical (unpaired) electrons. The number of aromatic nitrogens is 1. The second-order valence-corrected chi connectivity index (χ2v) is 8.98.